The molecule has 98 valence electrons. The van der Waals surface area contributed by atoms with Crippen molar-refractivity contribution in [1.82, 2.24) is 5.32 Å². The molecule has 0 aliphatic heterocycles. The van der Waals surface area contributed by atoms with Crippen molar-refractivity contribution in [3.63, 3.8) is 0 Å². The first-order chi connectivity index (χ1) is 8.63. The molecule has 0 saturated heterocycles. The van der Waals surface area contributed by atoms with Crippen molar-refractivity contribution in [2.75, 3.05) is 12.8 Å². The molecule has 1 aliphatic rings. The largest absolute Gasteiger partial charge is 0.369 e. The zero-order valence-corrected chi connectivity index (χ0v) is 11.7. The van der Waals surface area contributed by atoms with E-state index in [-0.39, 0.29) is 5.91 Å². The quantitative estimate of drug-likeness (QED) is 0.875. The average molecular weight is 264 g/mol. The Labute approximate surface area is 113 Å². The second kappa shape index (κ2) is 5.76. The van der Waals surface area contributed by atoms with Crippen molar-refractivity contribution in [2.45, 2.75) is 30.6 Å². The van der Waals surface area contributed by atoms with Gasteiger partial charge in [-0.05, 0) is 30.5 Å². The van der Waals surface area contributed by atoms with E-state index >= 15 is 0 Å². The summed E-state index contributed by atoms with van der Waals surface area (Å²) < 4.78 is 0. The number of benzene rings is 1. The van der Waals surface area contributed by atoms with Crippen LogP contribution in [-0.4, -0.2) is 24.0 Å². The second-order valence-corrected chi connectivity index (χ2v) is 6.08. The molecular formula is C14H20N2OS. The Kier molecular flexibility index (Phi) is 4.30. The molecule has 3 unspecified atom stereocenters. The Bertz CT molecular complexity index is 436. The Morgan fingerprint density at radius 1 is 1.44 bits per heavy atom. The topological polar surface area (TPSA) is 55.1 Å². The smallest absolute Gasteiger partial charge is 0.227 e. The molecule has 1 aromatic carbocycles. The fourth-order valence-electron chi connectivity index (χ4n) is 2.75. The van der Waals surface area contributed by atoms with Crippen molar-refractivity contribution in [1.29, 1.82) is 0 Å². The summed E-state index contributed by atoms with van der Waals surface area (Å²) in [6.07, 6.45) is 1.08. The van der Waals surface area contributed by atoms with E-state index in [1.807, 2.05) is 7.05 Å². The van der Waals surface area contributed by atoms with Crippen molar-refractivity contribution in [2.24, 2.45) is 5.73 Å². The minimum absolute atomic E-state index is 0.235. The Morgan fingerprint density at radius 2 is 2.11 bits per heavy atom. The minimum Gasteiger partial charge on any atom is -0.369 e. The molecule has 1 amide bonds. The predicted molar refractivity (Wildman–Crippen MR) is 76.7 cm³/mol. The predicted octanol–water partition coefficient (Wildman–Crippen LogP) is 2.04. The van der Waals surface area contributed by atoms with E-state index in [4.69, 9.17) is 5.73 Å². The maximum atomic E-state index is 10.9. The lowest BCUT2D eigenvalue weighted by atomic mass is 9.81. The minimum atomic E-state index is -0.235. The third-order valence-electron chi connectivity index (χ3n) is 3.57. The van der Waals surface area contributed by atoms with Gasteiger partial charge in [-0.2, -0.15) is 0 Å². The van der Waals surface area contributed by atoms with Crippen LogP contribution < -0.4 is 11.1 Å². The van der Waals surface area contributed by atoms with Crippen molar-refractivity contribution >= 4 is 17.7 Å². The van der Waals surface area contributed by atoms with E-state index in [9.17, 15) is 4.79 Å². The van der Waals surface area contributed by atoms with Gasteiger partial charge >= 0.3 is 0 Å². The van der Waals surface area contributed by atoms with Gasteiger partial charge in [-0.3, -0.25) is 4.79 Å². The van der Waals surface area contributed by atoms with Crippen LogP contribution in [-0.2, 0) is 4.79 Å². The molecule has 1 aromatic rings. The van der Waals surface area contributed by atoms with Crippen LogP contribution in [0.2, 0.25) is 0 Å². The first-order valence-electron chi connectivity index (χ1n) is 6.29. The summed E-state index contributed by atoms with van der Waals surface area (Å²) in [5.74, 6) is 0.704. The summed E-state index contributed by atoms with van der Waals surface area (Å²) in [4.78, 5) is 10.9. The van der Waals surface area contributed by atoms with Gasteiger partial charge in [0.1, 0.15) is 0 Å². The number of thioether (sulfide) groups is 1. The third kappa shape index (κ3) is 2.70. The summed E-state index contributed by atoms with van der Waals surface area (Å²) in [6, 6.07) is 8.88. The number of hydrogen-bond donors (Lipinski definition) is 2. The van der Waals surface area contributed by atoms with Gasteiger partial charge in [-0.25, -0.2) is 0 Å². The number of carbonyl (C=O) groups is 1. The first kappa shape index (κ1) is 13.4. The highest BCUT2D eigenvalue weighted by Gasteiger charge is 2.32. The van der Waals surface area contributed by atoms with Gasteiger partial charge in [0.25, 0.3) is 0 Å². The number of hydrogen-bond acceptors (Lipinski definition) is 3. The van der Waals surface area contributed by atoms with Crippen molar-refractivity contribution in [3.05, 3.63) is 35.4 Å². The highest BCUT2D eigenvalue weighted by molar-refractivity contribution is 8.00. The van der Waals surface area contributed by atoms with E-state index in [1.54, 1.807) is 11.8 Å². The molecule has 3 N–H and O–H groups in total. The molecule has 2 rings (SSSR count). The summed E-state index contributed by atoms with van der Waals surface area (Å²) in [5.41, 5.74) is 8.03. The van der Waals surface area contributed by atoms with E-state index in [0.717, 1.165) is 6.42 Å². The normalized spacial score (nSPS) is 26.7. The second-order valence-electron chi connectivity index (χ2n) is 4.85. The number of primary amides is 1. The van der Waals surface area contributed by atoms with Gasteiger partial charge in [0.05, 0.1) is 5.75 Å². The number of carbonyl (C=O) groups excluding carboxylic acids is 1. The van der Waals surface area contributed by atoms with Crippen molar-refractivity contribution in [3.8, 4) is 0 Å². The van der Waals surface area contributed by atoms with Gasteiger partial charge in [-0.1, -0.05) is 31.2 Å². The molecule has 0 fully saturated rings. The number of fused-ring (bicyclic) bond motifs is 1. The van der Waals surface area contributed by atoms with Crippen LogP contribution in [0.15, 0.2) is 24.3 Å². The molecule has 1 aliphatic carbocycles. The highest BCUT2D eigenvalue weighted by atomic mass is 32.2. The maximum Gasteiger partial charge on any atom is 0.227 e. The fraction of sp³-hybridized carbons (Fsp3) is 0.500. The Morgan fingerprint density at radius 3 is 2.72 bits per heavy atom. The maximum absolute atomic E-state index is 10.9. The van der Waals surface area contributed by atoms with Crippen LogP contribution in [0.4, 0.5) is 0 Å². The number of amides is 1. The molecule has 18 heavy (non-hydrogen) atoms. The van der Waals surface area contributed by atoms with E-state index in [1.165, 1.54) is 11.1 Å². The lowest BCUT2D eigenvalue weighted by Gasteiger charge is -2.36. The van der Waals surface area contributed by atoms with Crippen LogP contribution in [0, 0.1) is 0 Å². The summed E-state index contributed by atoms with van der Waals surface area (Å²) in [5, 5.41) is 3.79. The summed E-state index contributed by atoms with van der Waals surface area (Å²) in [6.45, 7) is 2.25. The molecule has 0 saturated carbocycles. The van der Waals surface area contributed by atoms with E-state index < -0.39 is 0 Å². The van der Waals surface area contributed by atoms with Gasteiger partial charge in [0, 0.05) is 11.3 Å². The zero-order chi connectivity index (χ0) is 13.1. The molecule has 3 atom stereocenters. The Balaban J connectivity index is 2.23. The monoisotopic (exact) mass is 264 g/mol. The lowest BCUT2D eigenvalue weighted by molar-refractivity contribution is -0.115. The van der Waals surface area contributed by atoms with Gasteiger partial charge in [0.2, 0.25) is 5.91 Å². The van der Waals surface area contributed by atoms with Gasteiger partial charge < -0.3 is 11.1 Å². The summed E-state index contributed by atoms with van der Waals surface area (Å²) in [7, 11) is 1.98. The number of nitrogens with one attached hydrogen (secondary N) is 1. The number of nitrogens with two attached hydrogens (primary N) is 1. The first-order valence-corrected chi connectivity index (χ1v) is 7.34. The zero-order valence-electron chi connectivity index (χ0n) is 10.8. The van der Waals surface area contributed by atoms with Crippen LogP contribution >= 0.6 is 11.8 Å². The molecule has 4 heteroatoms. The molecule has 0 heterocycles. The molecule has 0 radical (unpaired) electrons. The Hall–Kier alpha value is -1.00. The van der Waals surface area contributed by atoms with E-state index in [0.29, 0.717) is 23.0 Å². The molecule has 3 nitrogen and oxygen atoms in total. The number of rotatable bonds is 4. The molecule has 0 bridgehead atoms. The molecule has 0 aromatic heterocycles. The molecule has 0 spiro atoms. The fourth-order valence-corrected chi connectivity index (χ4v) is 4.03. The van der Waals surface area contributed by atoms with E-state index in [2.05, 4.69) is 36.5 Å². The van der Waals surface area contributed by atoms with Crippen LogP contribution in [0.3, 0.4) is 0 Å². The summed E-state index contributed by atoms with van der Waals surface area (Å²) >= 11 is 1.67. The lowest BCUT2D eigenvalue weighted by Crippen LogP contribution is -2.34. The van der Waals surface area contributed by atoms with Gasteiger partial charge in [0.15, 0.2) is 0 Å². The average Bonchev–Trinajstić information content (AvgIpc) is 2.36. The highest BCUT2D eigenvalue weighted by Crippen LogP contribution is 2.42. The third-order valence-corrected chi connectivity index (χ3v) is 4.91. The van der Waals surface area contributed by atoms with Crippen LogP contribution in [0.25, 0.3) is 0 Å². The van der Waals surface area contributed by atoms with Crippen molar-refractivity contribution < 1.29 is 4.79 Å². The molecular weight excluding hydrogens is 244 g/mol. The standard InChI is InChI=1S/C14H20N2OS/c1-9-7-12(18-8-13(15)17)14(16-2)11-6-4-3-5-10(9)11/h3-6,9,12,14,16H,7-8H2,1-2H3,(H2,15,17). The van der Waals surface area contributed by atoms with Crippen LogP contribution in [0.1, 0.15) is 36.4 Å². The SMILES string of the molecule is CNC1c2ccccc2C(C)CC1SCC(N)=O. The van der Waals surface area contributed by atoms with Gasteiger partial charge in [-0.15, -0.1) is 11.8 Å². The van der Waals surface area contributed by atoms with Crippen LogP contribution in [0.5, 0.6) is 0 Å².